The molecule has 2 aliphatic rings. The number of nitrogens with two attached hydrogens (primary N) is 1. The van der Waals surface area contributed by atoms with Crippen molar-refractivity contribution < 1.29 is 34.6 Å². The van der Waals surface area contributed by atoms with Crippen LogP contribution in [0, 0.1) is 5.92 Å². The van der Waals surface area contributed by atoms with E-state index in [0.29, 0.717) is 11.3 Å². The molecule has 2 unspecified atom stereocenters. The number of aromatic hydroxyl groups is 1. The molecule has 0 spiro atoms. The van der Waals surface area contributed by atoms with Crippen LogP contribution in [0.2, 0.25) is 5.82 Å². The molecule has 1 amide bonds. The van der Waals surface area contributed by atoms with Crippen LogP contribution in [0.25, 0.3) is 0 Å². The number of imidazole rings is 1. The van der Waals surface area contributed by atoms with Crippen molar-refractivity contribution in [2.24, 2.45) is 11.7 Å². The topological polar surface area (TPSA) is 182 Å². The Morgan fingerprint density at radius 2 is 2.03 bits per heavy atom. The summed E-state index contributed by atoms with van der Waals surface area (Å²) in [6.07, 6.45) is 2.45. The Hall–Kier alpha value is -3.09. The number of carboxylic acid groups (broad SMARTS) is 1. The van der Waals surface area contributed by atoms with Crippen LogP contribution >= 0.6 is 0 Å². The highest BCUT2D eigenvalue weighted by molar-refractivity contribution is 6.45. The SMILES string of the molecule is C[C@@H]1C(B(O)O)C1c1ccc(OC2CN(C(=O)[C@](C)(N)c3cnc[nH]3)C2)c(C(=O)O)c1O. The predicted octanol–water partition coefficient (Wildman–Crippen LogP) is -0.146. The fourth-order valence-electron chi connectivity index (χ4n) is 4.45. The summed E-state index contributed by atoms with van der Waals surface area (Å²) in [4.78, 5) is 32.8. The predicted molar refractivity (Wildman–Crippen MR) is 112 cm³/mol. The molecule has 11 nitrogen and oxygen atoms in total. The molecule has 1 aliphatic heterocycles. The number of benzene rings is 1. The maximum Gasteiger partial charge on any atom is 0.455 e. The molecular weight excluding hydrogens is 419 g/mol. The Kier molecular flexibility index (Phi) is 5.39. The van der Waals surface area contributed by atoms with Crippen LogP contribution in [0.5, 0.6) is 11.5 Å². The number of amides is 1. The zero-order chi connectivity index (χ0) is 23.4. The summed E-state index contributed by atoms with van der Waals surface area (Å²) in [5, 5.41) is 39.2. The third-order valence-corrected chi connectivity index (χ3v) is 6.47. The second-order valence-corrected chi connectivity index (χ2v) is 8.68. The van der Waals surface area contributed by atoms with Crippen molar-refractivity contribution in [1.29, 1.82) is 0 Å². The molecule has 170 valence electrons. The van der Waals surface area contributed by atoms with Gasteiger partial charge in [0, 0.05) is 5.82 Å². The van der Waals surface area contributed by atoms with Crippen LogP contribution in [0.3, 0.4) is 0 Å². The minimum absolute atomic E-state index is 0.0191. The number of nitrogens with one attached hydrogen (secondary N) is 1. The molecule has 1 saturated heterocycles. The van der Waals surface area contributed by atoms with E-state index in [9.17, 15) is 29.9 Å². The minimum atomic E-state index is -1.55. The Labute approximate surface area is 184 Å². The van der Waals surface area contributed by atoms with Gasteiger partial charge in [0.15, 0.2) is 0 Å². The molecule has 1 aromatic heterocycles. The number of likely N-dealkylation sites (tertiary alicyclic amines) is 1. The van der Waals surface area contributed by atoms with Crippen molar-refractivity contribution in [3.8, 4) is 11.5 Å². The molecule has 7 N–H and O–H groups in total. The highest BCUT2D eigenvalue weighted by atomic mass is 16.5. The van der Waals surface area contributed by atoms with Gasteiger partial charge in [-0.2, -0.15) is 0 Å². The van der Waals surface area contributed by atoms with E-state index < -0.39 is 41.9 Å². The molecule has 1 aliphatic carbocycles. The number of ether oxygens (including phenoxy) is 1. The number of aromatic carboxylic acids is 1. The van der Waals surface area contributed by atoms with Crippen LogP contribution in [0.15, 0.2) is 24.7 Å². The molecule has 4 rings (SSSR count). The summed E-state index contributed by atoms with van der Waals surface area (Å²) in [6, 6.07) is 2.99. The number of hydrogen-bond donors (Lipinski definition) is 6. The van der Waals surface area contributed by atoms with E-state index in [1.54, 1.807) is 13.8 Å². The number of nitrogens with zero attached hydrogens (tertiary/aromatic N) is 2. The summed E-state index contributed by atoms with van der Waals surface area (Å²) in [5.41, 5.74) is 5.29. The summed E-state index contributed by atoms with van der Waals surface area (Å²) < 4.78 is 5.77. The normalized spacial score (nSPS) is 24.4. The lowest BCUT2D eigenvalue weighted by Crippen LogP contribution is -2.62. The van der Waals surface area contributed by atoms with Crippen LogP contribution in [0.1, 0.15) is 41.4 Å². The largest absolute Gasteiger partial charge is 0.507 e. The third-order valence-electron chi connectivity index (χ3n) is 6.47. The van der Waals surface area contributed by atoms with E-state index in [-0.39, 0.29) is 36.6 Å². The summed E-state index contributed by atoms with van der Waals surface area (Å²) in [7, 11) is -1.55. The monoisotopic (exact) mass is 444 g/mol. The average molecular weight is 444 g/mol. The molecule has 1 aromatic carbocycles. The van der Waals surface area contributed by atoms with Crippen molar-refractivity contribution in [2.75, 3.05) is 13.1 Å². The maximum absolute atomic E-state index is 12.7. The molecule has 12 heteroatoms. The van der Waals surface area contributed by atoms with Crippen LogP contribution in [-0.2, 0) is 10.3 Å². The number of carbonyl (C=O) groups is 2. The van der Waals surface area contributed by atoms with Gasteiger partial charge in [-0.15, -0.1) is 0 Å². The first kappa shape index (κ1) is 22.1. The minimum Gasteiger partial charge on any atom is -0.507 e. The van der Waals surface area contributed by atoms with Gasteiger partial charge in [-0.3, -0.25) is 4.79 Å². The average Bonchev–Trinajstić information content (AvgIpc) is 3.10. The lowest BCUT2D eigenvalue weighted by atomic mass is 9.80. The fourth-order valence-corrected chi connectivity index (χ4v) is 4.45. The van der Waals surface area contributed by atoms with E-state index in [0.717, 1.165) is 0 Å². The standard InChI is InChI=1S/C20H25BN4O7/c1-9-14(16(9)21(30)31)11-3-4-12(15(17(11)26)18(27)28)32-10-6-25(7-10)19(29)20(2,22)13-5-23-8-24-13/h3-5,8-10,14,16,26,30-31H,6-7,22H2,1-2H3,(H,23,24)(H,27,28)/t9-,14?,16?,20+/m0/s1. The lowest BCUT2D eigenvalue weighted by molar-refractivity contribution is -0.145. The first-order chi connectivity index (χ1) is 15.0. The molecule has 2 fully saturated rings. The van der Waals surface area contributed by atoms with Gasteiger partial charge < -0.3 is 40.6 Å². The molecule has 2 heterocycles. The molecule has 0 bridgehead atoms. The molecule has 4 atom stereocenters. The van der Waals surface area contributed by atoms with Gasteiger partial charge in [-0.25, -0.2) is 9.78 Å². The van der Waals surface area contributed by atoms with Gasteiger partial charge in [0.25, 0.3) is 0 Å². The fraction of sp³-hybridized carbons (Fsp3) is 0.450. The molecule has 32 heavy (non-hydrogen) atoms. The Morgan fingerprint density at radius 3 is 2.56 bits per heavy atom. The molecule has 2 aromatic rings. The Balaban J connectivity index is 1.46. The highest BCUT2D eigenvalue weighted by Gasteiger charge is 2.55. The van der Waals surface area contributed by atoms with E-state index in [1.807, 2.05) is 0 Å². The molecule has 1 saturated carbocycles. The van der Waals surface area contributed by atoms with Crippen molar-refractivity contribution in [1.82, 2.24) is 14.9 Å². The second kappa shape index (κ2) is 7.80. The lowest BCUT2D eigenvalue weighted by Gasteiger charge is -2.42. The van der Waals surface area contributed by atoms with E-state index in [4.69, 9.17) is 10.5 Å². The number of phenols is 1. The quantitative estimate of drug-likeness (QED) is 0.317. The van der Waals surface area contributed by atoms with Crippen LogP contribution in [0.4, 0.5) is 0 Å². The van der Waals surface area contributed by atoms with Crippen LogP contribution in [-0.4, -0.2) is 73.3 Å². The smallest absolute Gasteiger partial charge is 0.455 e. The van der Waals surface area contributed by atoms with Crippen molar-refractivity contribution in [2.45, 2.75) is 37.2 Å². The Bertz CT molecular complexity index is 1040. The first-order valence-corrected chi connectivity index (χ1v) is 10.2. The maximum atomic E-state index is 12.7. The number of aromatic amines is 1. The third kappa shape index (κ3) is 3.59. The number of carbonyl (C=O) groups excluding carboxylic acids is 1. The number of carboxylic acids is 1. The van der Waals surface area contributed by atoms with E-state index >= 15 is 0 Å². The summed E-state index contributed by atoms with van der Waals surface area (Å²) in [6.45, 7) is 3.79. The summed E-state index contributed by atoms with van der Waals surface area (Å²) >= 11 is 0. The number of aromatic nitrogens is 2. The van der Waals surface area contributed by atoms with Crippen molar-refractivity contribution in [3.63, 3.8) is 0 Å². The van der Waals surface area contributed by atoms with Gasteiger partial charge in [0.1, 0.15) is 28.7 Å². The van der Waals surface area contributed by atoms with Crippen molar-refractivity contribution >= 4 is 19.0 Å². The second-order valence-electron chi connectivity index (χ2n) is 8.68. The number of H-pyrrole nitrogens is 1. The zero-order valence-corrected chi connectivity index (χ0v) is 17.6. The van der Waals surface area contributed by atoms with Gasteiger partial charge in [0.05, 0.1) is 31.3 Å². The number of hydrogen-bond acceptors (Lipinski definition) is 8. The van der Waals surface area contributed by atoms with Gasteiger partial charge in [-0.1, -0.05) is 13.0 Å². The zero-order valence-electron chi connectivity index (χ0n) is 17.6. The first-order valence-electron chi connectivity index (χ1n) is 10.2. The molecular formula is C20H25BN4O7. The number of rotatable bonds is 7. The highest BCUT2D eigenvalue weighted by Crippen LogP contribution is 2.61. The van der Waals surface area contributed by atoms with Crippen molar-refractivity contribution in [3.05, 3.63) is 41.5 Å². The van der Waals surface area contributed by atoms with Crippen LogP contribution < -0.4 is 10.5 Å². The van der Waals surface area contributed by atoms with E-state index in [1.165, 1.54) is 29.6 Å². The summed E-state index contributed by atoms with van der Waals surface area (Å²) in [5.74, 6) is -3.10. The van der Waals surface area contributed by atoms with Gasteiger partial charge in [-0.05, 0) is 30.4 Å². The Morgan fingerprint density at radius 1 is 1.34 bits per heavy atom. The molecule has 0 radical (unpaired) electrons. The van der Waals surface area contributed by atoms with E-state index in [2.05, 4.69) is 9.97 Å². The van der Waals surface area contributed by atoms with Gasteiger partial charge >= 0.3 is 13.1 Å². The van der Waals surface area contributed by atoms with Gasteiger partial charge in [0.2, 0.25) is 5.91 Å².